The zero-order valence-corrected chi connectivity index (χ0v) is 12.5. The summed E-state index contributed by atoms with van der Waals surface area (Å²) in [5.74, 6) is -0.463. The van der Waals surface area contributed by atoms with E-state index in [2.05, 4.69) is 0 Å². The summed E-state index contributed by atoms with van der Waals surface area (Å²) in [6, 6.07) is 5.23. The summed E-state index contributed by atoms with van der Waals surface area (Å²) in [7, 11) is -3.84. The van der Waals surface area contributed by atoms with Crippen LogP contribution in [-0.2, 0) is 10.0 Å². The average Bonchev–Trinajstić information content (AvgIpc) is 2.43. The lowest BCUT2D eigenvalue weighted by molar-refractivity contribution is -0.383. The van der Waals surface area contributed by atoms with Gasteiger partial charge in [-0.1, -0.05) is 6.92 Å². The van der Waals surface area contributed by atoms with Crippen LogP contribution in [-0.4, -0.2) is 30.7 Å². The van der Waals surface area contributed by atoms with E-state index < -0.39 is 20.9 Å². The van der Waals surface area contributed by atoms with Gasteiger partial charge in [0.25, 0.3) is 5.69 Å². The van der Waals surface area contributed by atoms with Gasteiger partial charge in [-0.2, -0.15) is 9.57 Å². The van der Waals surface area contributed by atoms with Crippen LogP contribution in [0.4, 0.5) is 11.4 Å². The van der Waals surface area contributed by atoms with E-state index in [0.29, 0.717) is 0 Å². The molecule has 1 rings (SSSR count). The Hall–Kier alpha value is -2.18. The van der Waals surface area contributed by atoms with Crippen LogP contribution in [0.2, 0.25) is 0 Å². The lowest BCUT2D eigenvalue weighted by Gasteiger charge is -2.21. The summed E-state index contributed by atoms with van der Waals surface area (Å²) in [6.45, 7) is 3.50. The lowest BCUT2D eigenvalue weighted by Crippen LogP contribution is -2.34. The molecule has 2 N–H and O–H groups in total. The Kier molecular flexibility index (Phi) is 5.23. The number of nitrogen functional groups attached to an aromatic ring is 1. The number of hydrogen-bond acceptors (Lipinski definition) is 6. The average molecular weight is 312 g/mol. The number of nitro groups is 1. The van der Waals surface area contributed by atoms with Gasteiger partial charge >= 0.3 is 0 Å². The number of nitro benzene ring substituents is 1. The second-order valence-electron chi connectivity index (χ2n) is 4.46. The summed E-state index contributed by atoms with van der Waals surface area (Å²) in [5.41, 5.74) is 4.95. The molecular weight excluding hydrogens is 296 g/mol. The molecule has 1 aromatic carbocycles. The molecule has 1 atom stereocenters. The third-order valence-electron chi connectivity index (χ3n) is 2.88. The second-order valence-corrected chi connectivity index (χ2v) is 6.40. The topological polar surface area (TPSA) is 130 Å². The van der Waals surface area contributed by atoms with Gasteiger partial charge in [-0.05, 0) is 19.1 Å². The van der Waals surface area contributed by atoms with Crippen molar-refractivity contribution in [3.8, 4) is 6.07 Å². The normalized spacial score (nSPS) is 12.9. The zero-order chi connectivity index (χ0) is 16.2. The molecule has 0 aliphatic carbocycles. The molecule has 0 aromatic heterocycles. The maximum atomic E-state index is 12.4. The van der Waals surface area contributed by atoms with Crippen molar-refractivity contribution in [2.45, 2.75) is 18.7 Å². The molecule has 21 heavy (non-hydrogen) atoms. The summed E-state index contributed by atoms with van der Waals surface area (Å²) in [6.07, 6.45) is 0. The highest BCUT2D eigenvalue weighted by Crippen LogP contribution is 2.26. The molecule has 0 aliphatic rings. The van der Waals surface area contributed by atoms with Gasteiger partial charge in [0.05, 0.1) is 21.8 Å². The molecule has 0 saturated carbocycles. The summed E-state index contributed by atoms with van der Waals surface area (Å²) in [5, 5.41) is 19.5. The Morgan fingerprint density at radius 1 is 1.52 bits per heavy atom. The van der Waals surface area contributed by atoms with Crippen LogP contribution in [0.3, 0.4) is 0 Å². The molecule has 8 nitrogen and oxygen atoms in total. The predicted octanol–water partition coefficient (Wildman–Crippen LogP) is 1.35. The van der Waals surface area contributed by atoms with Crippen molar-refractivity contribution in [3.63, 3.8) is 0 Å². The van der Waals surface area contributed by atoms with Crippen LogP contribution in [0.15, 0.2) is 23.1 Å². The van der Waals surface area contributed by atoms with Gasteiger partial charge in [0.15, 0.2) is 0 Å². The first kappa shape index (κ1) is 16.9. The molecule has 0 saturated heterocycles. The van der Waals surface area contributed by atoms with Crippen LogP contribution in [0.25, 0.3) is 0 Å². The van der Waals surface area contributed by atoms with Gasteiger partial charge in [0.2, 0.25) is 10.0 Å². The third kappa shape index (κ3) is 3.68. The lowest BCUT2D eigenvalue weighted by atomic mass is 10.2. The maximum Gasteiger partial charge on any atom is 0.292 e. The largest absolute Gasteiger partial charge is 0.393 e. The van der Waals surface area contributed by atoms with Crippen molar-refractivity contribution < 1.29 is 13.3 Å². The second kappa shape index (κ2) is 6.51. The Labute approximate surface area is 123 Å². The fraction of sp³-hybridized carbons (Fsp3) is 0.417. The van der Waals surface area contributed by atoms with Gasteiger partial charge in [0.1, 0.15) is 5.69 Å². The molecule has 1 unspecified atom stereocenters. The predicted molar refractivity (Wildman–Crippen MR) is 76.7 cm³/mol. The highest BCUT2D eigenvalue weighted by molar-refractivity contribution is 7.89. The minimum atomic E-state index is -3.84. The van der Waals surface area contributed by atoms with Crippen LogP contribution in [0.1, 0.15) is 13.8 Å². The van der Waals surface area contributed by atoms with Gasteiger partial charge in [-0.15, -0.1) is 0 Å². The van der Waals surface area contributed by atoms with Crippen LogP contribution >= 0.6 is 0 Å². The van der Waals surface area contributed by atoms with E-state index in [0.717, 1.165) is 22.5 Å². The first-order valence-corrected chi connectivity index (χ1v) is 7.61. The molecule has 114 valence electrons. The molecule has 0 bridgehead atoms. The maximum absolute atomic E-state index is 12.4. The number of nitriles is 1. The number of benzene rings is 1. The van der Waals surface area contributed by atoms with Gasteiger partial charge < -0.3 is 5.73 Å². The minimum absolute atomic E-state index is 0.0478. The van der Waals surface area contributed by atoms with E-state index in [1.807, 2.05) is 6.07 Å². The van der Waals surface area contributed by atoms with Gasteiger partial charge in [-0.25, -0.2) is 8.42 Å². The van der Waals surface area contributed by atoms with Gasteiger partial charge in [0, 0.05) is 19.2 Å². The first-order chi connectivity index (χ1) is 9.73. The molecule has 9 heteroatoms. The molecule has 0 radical (unpaired) electrons. The highest BCUT2D eigenvalue weighted by atomic mass is 32.2. The SMILES string of the molecule is CCN(CC(C)C#N)S(=O)(=O)c1ccc([N+](=O)[O-])c(N)c1. The molecule has 1 aromatic rings. The van der Waals surface area contributed by atoms with Crippen LogP contribution in [0.5, 0.6) is 0 Å². The van der Waals surface area contributed by atoms with E-state index >= 15 is 0 Å². The molecule has 0 heterocycles. The van der Waals surface area contributed by atoms with Crippen molar-refractivity contribution in [1.29, 1.82) is 5.26 Å². The van der Waals surface area contributed by atoms with E-state index in [9.17, 15) is 18.5 Å². The van der Waals surface area contributed by atoms with E-state index in [1.54, 1.807) is 13.8 Å². The Balaban J connectivity index is 3.21. The van der Waals surface area contributed by atoms with Crippen LogP contribution in [0, 0.1) is 27.4 Å². The van der Waals surface area contributed by atoms with Crippen molar-refractivity contribution in [2.75, 3.05) is 18.8 Å². The highest BCUT2D eigenvalue weighted by Gasteiger charge is 2.26. The number of rotatable bonds is 6. The third-order valence-corrected chi connectivity index (χ3v) is 4.82. The Morgan fingerprint density at radius 2 is 2.14 bits per heavy atom. The molecule has 0 aliphatic heterocycles. The quantitative estimate of drug-likeness (QED) is 0.479. The van der Waals surface area contributed by atoms with Crippen molar-refractivity contribution in [1.82, 2.24) is 4.31 Å². The Bertz CT molecular complexity index is 681. The van der Waals surface area contributed by atoms with Crippen LogP contribution < -0.4 is 5.73 Å². The molecule has 0 amide bonds. The minimum Gasteiger partial charge on any atom is -0.393 e. The van der Waals surface area contributed by atoms with Crippen molar-refractivity contribution >= 4 is 21.4 Å². The fourth-order valence-electron chi connectivity index (χ4n) is 1.75. The summed E-state index contributed by atoms with van der Waals surface area (Å²) < 4.78 is 26.0. The zero-order valence-electron chi connectivity index (χ0n) is 11.7. The standard InChI is InChI=1S/C12H16N4O4S/c1-3-15(8-9(2)7-13)21(19,20)10-4-5-12(16(17)18)11(14)6-10/h4-6,9H,3,8,14H2,1-2H3. The molecular formula is C12H16N4O4S. The van der Waals surface area contributed by atoms with E-state index in [1.165, 1.54) is 0 Å². The fourth-order valence-corrected chi connectivity index (χ4v) is 3.33. The summed E-state index contributed by atoms with van der Waals surface area (Å²) >= 11 is 0. The smallest absolute Gasteiger partial charge is 0.292 e. The summed E-state index contributed by atoms with van der Waals surface area (Å²) in [4.78, 5) is 9.88. The molecule has 0 fully saturated rings. The number of sulfonamides is 1. The monoisotopic (exact) mass is 312 g/mol. The van der Waals surface area contributed by atoms with Crippen molar-refractivity contribution in [2.24, 2.45) is 5.92 Å². The number of nitrogens with zero attached hydrogens (tertiary/aromatic N) is 3. The van der Waals surface area contributed by atoms with E-state index in [4.69, 9.17) is 11.0 Å². The number of nitrogens with two attached hydrogens (primary N) is 1. The van der Waals surface area contributed by atoms with Gasteiger partial charge in [-0.3, -0.25) is 10.1 Å². The van der Waals surface area contributed by atoms with E-state index in [-0.39, 0.29) is 29.4 Å². The first-order valence-electron chi connectivity index (χ1n) is 6.17. The molecule has 0 spiro atoms. The van der Waals surface area contributed by atoms with Crippen molar-refractivity contribution in [3.05, 3.63) is 28.3 Å². The number of anilines is 1. The Morgan fingerprint density at radius 3 is 2.57 bits per heavy atom. The number of hydrogen-bond donors (Lipinski definition) is 1.